The van der Waals surface area contributed by atoms with E-state index in [1.54, 1.807) is 57.1 Å². The number of ether oxygens (including phenoxy) is 7. The third kappa shape index (κ3) is 25.9. The zero-order valence-electron chi connectivity index (χ0n) is 42.1. The summed E-state index contributed by atoms with van der Waals surface area (Å²) in [6.45, 7) is 13.9. The van der Waals surface area contributed by atoms with E-state index in [4.69, 9.17) is 38.9 Å². The number of amides is 8. The van der Waals surface area contributed by atoms with Crippen LogP contribution in [0.25, 0.3) is 0 Å². The number of imide groups is 1. The molecule has 22 heteroatoms. The lowest BCUT2D eigenvalue weighted by Crippen LogP contribution is -2.45. The molecule has 0 spiro atoms. The van der Waals surface area contributed by atoms with Crippen molar-refractivity contribution in [2.24, 2.45) is 23.0 Å². The van der Waals surface area contributed by atoms with Gasteiger partial charge in [0.2, 0.25) is 17.7 Å². The van der Waals surface area contributed by atoms with Gasteiger partial charge in [0.15, 0.2) is 5.78 Å². The molecule has 5 N–H and O–H groups in total. The number of rotatable bonds is 37. The highest BCUT2D eigenvalue weighted by molar-refractivity contribution is 6.12. The Morgan fingerprint density at radius 3 is 1.71 bits per heavy atom. The summed E-state index contributed by atoms with van der Waals surface area (Å²) in [6.07, 6.45) is 2.37. The second kappa shape index (κ2) is 33.9. The standard InChI is InChI=1S/C48H77N7O15/c1-35(2)43(52-40(57)16-21-64-23-25-66-27-29-68-31-32-69-30-28-67-26-24-65-22-20-55-41(58)14-15-42(55)59)39(56)33-37(9-8-17-50-46(49)62)44(60)51-38-12-10-36(11-13-38)34-70-47(63)54(7)19-18-53(6)45(61)48(3,4)5/h10-15,35,37,43H,8-9,16-34H2,1-7H3,(H,51,60)(H,52,57)(H3,49,50,62)/t37-,43+/m1/s1. The van der Waals surface area contributed by atoms with E-state index in [9.17, 15) is 38.4 Å². The van der Waals surface area contributed by atoms with Crippen molar-refractivity contribution in [2.75, 3.05) is 125 Å². The van der Waals surface area contributed by atoms with Crippen LogP contribution >= 0.6 is 0 Å². The molecule has 0 bridgehead atoms. The Morgan fingerprint density at radius 1 is 0.714 bits per heavy atom. The average Bonchev–Trinajstić information content (AvgIpc) is 3.63. The summed E-state index contributed by atoms with van der Waals surface area (Å²) in [4.78, 5) is 103. The summed E-state index contributed by atoms with van der Waals surface area (Å²) in [5.74, 6) is -2.89. The van der Waals surface area contributed by atoms with Gasteiger partial charge in [0.25, 0.3) is 11.8 Å². The summed E-state index contributed by atoms with van der Waals surface area (Å²) in [5.41, 5.74) is 5.80. The molecule has 2 rings (SSSR count). The zero-order valence-corrected chi connectivity index (χ0v) is 42.1. The predicted octanol–water partition coefficient (Wildman–Crippen LogP) is 2.28. The number of Topliss-reactive ketones (excluding diaryl/α,β-unsaturated/α-hetero) is 1. The first kappa shape index (κ1) is 60.6. The van der Waals surface area contributed by atoms with Crippen LogP contribution in [-0.2, 0) is 68.5 Å². The first-order valence-corrected chi connectivity index (χ1v) is 23.7. The van der Waals surface area contributed by atoms with E-state index in [0.717, 1.165) is 4.90 Å². The van der Waals surface area contributed by atoms with Crippen LogP contribution in [0.3, 0.4) is 0 Å². The maximum Gasteiger partial charge on any atom is 0.409 e. The molecule has 0 aromatic heterocycles. The van der Waals surface area contributed by atoms with Gasteiger partial charge in [0.1, 0.15) is 6.61 Å². The van der Waals surface area contributed by atoms with E-state index in [-0.39, 0.29) is 101 Å². The first-order valence-electron chi connectivity index (χ1n) is 23.7. The van der Waals surface area contributed by atoms with Gasteiger partial charge < -0.3 is 64.6 Å². The molecule has 394 valence electrons. The molecule has 8 amide bonds. The second-order valence-electron chi connectivity index (χ2n) is 17.8. The number of nitrogens with one attached hydrogen (secondary N) is 3. The lowest BCUT2D eigenvalue weighted by atomic mass is 9.89. The Hall–Kier alpha value is -5.52. The van der Waals surface area contributed by atoms with E-state index >= 15 is 0 Å². The van der Waals surface area contributed by atoms with Gasteiger partial charge in [0.05, 0.1) is 91.9 Å². The largest absolute Gasteiger partial charge is 0.445 e. The van der Waals surface area contributed by atoms with Gasteiger partial charge in [-0.3, -0.25) is 33.7 Å². The third-order valence-electron chi connectivity index (χ3n) is 10.5. The summed E-state index contributed by atoms with van der Waals surface area (Å²) in [6, 6.07) is 5.14. The van der Waals surface area contributed by atoms with Crippen molar-refractivity contribution in [2.45, 2.75) is 73.0 Å². The maximum absolute atomic E-state index is 13.6. The molecule has 0 aliphatic carbocycles. The molecular weight excluding hydrogens is 915 g/mol. The van der Waals surface area contributed by atoms with Gasteiger partial charge in [-0.2, -0.15) is 0 Å². The van der Waals surface area contributed by atoms with E-state index in [1.807, 2.05) is 20.8 Å². The van der Waals surface area contributed by atoms with Crippen molar-refractivity contribution in [1.82, 2.24) is 25.3 Å². The number of carbonyl (C=O) groups excluding carboxylic acids is 8. The Balaban J connectivity index is 1.65. The number of nitrogens with zero attached hydrogens (tertiary/aromatic N) is 3. The monoisotopic (exact) mass is 992 g/mol. The molecule has 0 saturated heterocycles. The summed E-state index contributed by atoms with van der Waals surface area (Å²) in [5, 5.41) is 8.14. The topological polar surface area (TPSA) is 273 Å². The molecule has 0 radical (unpaired) electrons. The molecule has 1 aliphatic rings. The Kier molecular flexibility index (Phi) is 29.4. The van der Waals surface area contributed by atoms with Crippen molar-refractivity contribution in [3.8, 4) is 0 Å². The number of hydrogen-bond donors (Lipinski definition) is 4. The minimum absolute atomic E-state index is 0.00769. The zero-order chi connectivity index (χ0) is 51.9. The number of carbonyl (C=O) groups is 8. The SMILES string of the molecule is CC(C)[C@H](NC(=O)CCOCCOCCOCCOCCOCCOCCN1C(=O)C=CC1=O)C(=O)C[C@@H](CCCNC(N)=O)C(=O)Nc1ccc(COC(=O)N(C)CCN(C)C(=O)C(C)(C)C)cc1. The molecule has 0 fully saturated rings. The predicted molar refractivity (Wildman–Crippen MR) is 257 cm³/mol. The van der Waals surface area contributed by atoms with E-state index in [1.165, 1.54) is 17.1 Å². The highest BCUT2D eigenvalue weighted by atomic mass is 16.6. The van der Waals surface area contributed by atoms with Crippen LogP contribution in [0.5, 0.6) is 0 Å². The molecule has 2 atom stereocenters. The quantitative estimate of drug-likeness (QED) is 0.0550. The van der Waals surface area contributed by atoms with E-state index in [2.05, 4.69) is 16.0 Å². The van der Waals surface area contributed by atoms with Crippen molar-refractivity contribution in [3.63, 3.8) is 0 Å². The van der Waals surface area contributed by atoms with Gasteiger partial charge in [0, 0.05) is 75.7 Å². The fraction of sp³-hybridized carbons (Fsp3) is 0.667. The number of urea groups is 1. The molecule has 0 unspecified atom stereocenters. The molecule has 22 nitrogen and oxygen atoms in total. The van der Waals surface area contributed by atoms with Crippen molar-refractivity contribution in [1.29, 1.82) is 0 Å². The van der Waals surface area contributed by atoms with Gasteiger partial charge in [-0.25, -0.2) is 9.59 Å². The van der Waals surface area contributed by atoms with Gasteiger partial charge in [-0.1, -0.05) is 46.8 Å². The van der Waals surface area contributed by atoms with Gasteiger partial charge in [-0.05, 0) is 36.5 Å². The lowest BCUT2D eigenvalue weighted by molar-refractivity contribution is -0.138. The van der Waals surface area contributed by atoms with Crippen LogP contribution in [0.4, 0.5) is 15.3 Å². The minimum atomic E-state index is -0.856. The Labute approximate surface area is 411 Å². The highest BCUT2D eigenvalue weighted by Gasteiger charge is 2.30. The molecule has 1 aromatic carbocycles. The smallest absolute Gasteiger partial charge is 0.409 e. The van der Waals surface area contributed by atoms with Crippen molar-refractivity contribution in [3.05, 3.63) is 42.0 Å². The summed E-state index contributed by atoms with van der Waals surface area (Å²) >= 11 is 0. The first-order chi connectivity index (χ1) is 33.3. The van der Waals surface area contributed by atoms with E-state index < -0.39 is 35.4 Å². The number of benzene rings is 1. The number of ketones is 1. The molecule has 70 heavy (non-hydrogen) atoms. The van der Waals surface area contributed by atoms with Crippen LogP contribution in [0.15, 0.2) is 36.4 Å². The number of primary amides is 1. The second-order valence-corrected chi connectivity index (χ2v) is 17.8. The molecular formula is C48H77N7O15. The average molecular weight is 992 g/mol. The highest BCUT2D eigenvalue weighted by Crippen LogP contribution is 2.20. The van der Waals surface area contributed by atoms with Crippen molar-refractivity contribution >= 4 is 53.1 Å². The molecule has 0 saturated carbocycles. The maximum atomic E-state index is 13.6. The van der Waals surface area contributed by atoms with Crippen LogP contribution in [-0.4, -0.2) is 188 Å². The Morgan fingerprint density at radius 2 is 1.21 bits per heavy atom. The normalized spacial score (nSPS) is 13.3. The third-order valence-corrected chi connectivity index (χ3v) is 10.5. The molecule has 1 aromatic rings. The summed E-state index contributed by atoms with van der Waals surface area (Å²) < 4.78 is 38.2. The number of nitrogens with two attached hydrogens (primary N) is 1. The van der Waals surface area contributed by atoms with Crippen molar-refractivity contribution < 1.29 is 71.5 Å². The fourth-order valence-corrected chi connectivity index (χ4v) is 6.54. The lowest BCUT2D eigenvalue weighted by Gasteiger charge is -2.27. The van der Waals surface area contributed by atoms with Crippen LogP contribution in [0.1, 0.15) is 65.9 Å². The Bertz CT molecular complexity index is 1810. The number of hydrogen-bond acceptors (Lipinski definition) is 15. The van der Waals surface area contributed by atoms with Crippen LogP contribution < -0.4 is 21.7 Å². The fourth-order valence-electron chi connectivity index (χ4n) is 6.54. The van der Waals surface area contributed by atoms with Crippen LogP contribution in [0.2, 0.25) is 0 Å². The van der Waals surface area contributed by atoms with Gasteiger partial charge in [-0.15, -0.1) is 0 Å². The molecule has 1 aliphatic heterocycles. The van der Waals surface area contributed by atoms with Gasteiger partial charge >= 0.3 is 12.1 Å². The van der Waals surface area contributed by atoms with Crippen LogP contribution in [0, 0.1) is 17.3 Å². The number of likely N-dealkylation sites (N-methyl/N-ethyl adjacent to an activating group) is 2. The number of anilines is 1. The van der Waals surface area contributed by atoms with E-state index in [0.29, 0.717) is 83.7 Å². The minimum Gasteiger partial charge on any atom is -0.445 e. The summed E-state index contributed by atoms with van der Waals surface area (Å²) in [7, 11) is 3.28. The molecule has 1 heterocycles.